The summed E-state index contributed by atoms with van der Waals surface area (Å²) in [5.74, 6) is -0.146. The Morgan fingerprint density at radius 1 is 1.19 bits per heavy atom. The molecule has 3 rings (SSSR count). The van der Waals surface area contributed by atoms with Crippen molar-refractivity contribution >= 4 is 38.7 Å². The van der Waals surface area contributed by atoms with E-state index in [-0.39, 0.29) is 15.8 Å². The Morgan fingerprint density at radius 2 is 2.00 bits per heavy atom. The van der Waals surface area contributed by atoms with E-state index in [4.69, 9.17) is 11.6 Å². The molecule has 0 atom stereocenters. The zero-order chi connectivity index (χ0) is 18.7. The van der Waals surface area contributed by atoms with Crippen LogP contribution in [0.25, 0.3) is 0 Å². The molecular weight excluding hydrogens is 392 g/mol. The largest absolute Gasteiger partial charge is 0.337 e. The second-order valence-corrected chi connectivity index (χ2v) is 9.67. The lowest BCUT2D eigenvalue weighted by atomic mass is 10.2. The van der Waals surface area contributed by atoms with E-state index < -0.39 is 9.84 Å². The lowest BCUT2D eigenvalue weighted by Crippen LogP contribution is -2.35. The molecule has 0 bridgehead atoms. The summed E-state index contributed by atoms with van der Waals surface area (Å²) in [5, 5.41) is 4.40. The van der Waals surface area contributed by atoms with Crippen LogP contribution in [0.1, 0.15) is 22.3 Å². The lowest BCUT2D eigenvalue weighted by Gasteiger charge is -2.22. The maximum atomic E-state index is 12.8. The molecule has 1 saturated heterocycles. The molecule has 1 aliphatic heterocycles. The Labute approximate surface area is 163 Å². The molecule has 1 fully saturated rings. The predicted molar refractivity (Wildman–Crippen MR) is 105 cm³/mol. The Bertz CT molecular complexity index is 882. The van der Waals surface area contributed by atoms with E-state index in [0.29, 0.717) is 18.7 Å². The predicted octanol–water partition coefficient (Wildman–Crippen LogP) is 3.15. The number of carbonyl (C=O) groups is 1. The molecular formula is C18H21ClN2O3S2. The monoisotopic (exact) mass is 412 g/mol. The van der Waals surface area contributed by atoms with Crippen molar-refractivity contribution in [3.63, 3.8) is 0 Å². The van der Waals surface area contributed by atoms with Crippen molar-refractivity contribution in [2.45, 2.75) is 17.9 Å². The third-order valence-electron chi connectivity index (χ3n) is 4.46. The Hall–Kier alpha value is -1.41. The van der Waals surface area contributed by atoms with Crippen molar-refractivity contribution in [2.24, 2.45) is 0 Å². The van der Waals surface area contributed by atoms with Crippen molar-refractivity contribution in [1.82, 2.24) is 9.80 Å². The molecule has 0 radical (unpaired) electrons. The van der Waals surface area contributed by atoms with Gasteiger partial charge >= 0.3 is 0 Å². The highest BCUT2D eigenvalue weighted by atomic mass is 35.5. The number of rotatable bonds is 4. The molecule has 2 heterocycles. The smallest absolute Gasteiger partial charge is 0.255 e. The van der Waals surface area contributed by atoms with Crippen molar-refractivity contribution in [1.29, 1.82) is 0 Å². The fourth-order valence-corrected chi connectivity index (χ4v) is 4.68. The summed E-state index contributed by atoms with van der Waals surface area (Å²) in [6.07, 6.45) is 2.02. The van der Waals surface area contributed by atoms with Crippen LogP contribution >= 0.6 is 22.9 Å². The molecule has 2 aromatic rings. The van der Waals surface area contributed by atoms with E-state index in [1.54, 1.807) is 16.2 Å². The number of hydrogen-bond donors (Lipinski definition) is 0. The van der Waals surface area contributed by atoms with E-state index in [1.165, 1.54) is 23.8 Å². The van der Waals surface area contributed by atoms with Gasteiger partial charge in [0.25, 0.3) is 5.91 Å². The SMILES string of the molecule is CS(=O)(=O)c1ccc(C(=O)N2CCCN(Cc3ccsc3)CC2)c(Cl)c1. The Morgan fingerprint density at radius 3 is 2.65 bits per heavy atom. The van der Waals surface area contributed by atoms with E-state index in [9.17, 15) is 13.2 Å². The molecule has 0 saturated carbocycles. The minimum Gasteiger partial charge on any atom is -0.337 e. The highest BCUT2D eigenvalue weighted by Crippen LogP contribution is 2.23. The van der Waals surface area contributed by atoms with Gasteiger partial charge in [0.2, 0.25) is 0 Å². The molecule has 0 unspecified atom stereocenters. The first-order valence-electron chi connectivity index (χ1n) is 8.37. The van der Waals surface area contributed by atoms with Crippen molar-refractivity contribution < 1.29 is 13.2 Å². The fraction of sp³-hybridized carbons (Fsp3) is 0.389. The van der Waals surface area contributed by atoms with Crippen LogP contribution in [0, 0.1) is 0 Å². The Kier molecular flexibility index (Phi) is 6.02. The van der Waals surface area contributed by atoms with Crippen LogP contribution in [-0.4, -0.2) is 56.6 Å². The molecule has 140 valence electrons. The van der Waals surface area contributed by atoms with E-state index in [2.05, 4.69) is 21.7 Å². The van der Waals surface area contributed by atoms with Gasteiger partial charge in [-0.3, -0.25) is 9.69 Å². The average Bonchev–Trinajstić information content (AvgIpc) is 2.98. The van der Waals surface area contributed by atoms with Gasteiger partial charge in [-0.05, 0) is 47.0 Å². The minimum absolute atomic E-state index is 0.122. The second-order valence-electron chi connectivity index (χ2n) is 6.47. The van der Waals surface area contributed by atoms with Gasteiger partial charge in [-0.25, -0.2) is 8.42 Å². The second kappa shape index (κ2) is 8.08. The number of sulfone groups is 1. The van der Waals surface area contributed by atoms with Crippen LogP contribution in [0.5, 0.6) is 0 Å². The van der Waals surface area contributed by atoms with Crippen molar-refractivity contribution in [3.05, 3.63) is 51.2 Å². The molecule has 1 aromatic carbocycles. The molecule has 1 aliphatic rings. The number of thiophene rings is 1. The average molecular weight is 413 g/mol. The molecule has 1 amide bonds. The summed E-state index contributed by atoms with van der Waals surface area (Å²) in [5.41, 5.74) is 1.65. The van der Waals surface area contributed by atoms with E-state index >= 15 is 0 Å². The highest BCUT2D eigenvalue weighted by Gasteiger charge is 2.23. The number of nitrogens with zero attached hydrogens (tertiary/aromatic N) is 2. The molecule has 5 nitrogen and oxygen atoms in total. The lowest BCUT2D eigenvalue weighted by molar-refractivity contribution is 0.0761. The first-order chi connectivity index (χ1) is 12.3. The quantitative estimate of drug-likeness (QED) is 0.774. The van der Waals surface area contributed by atoms with Gasteiger partial charge in [0.1, 0.15) is 0 Å². The van der Waals surface area contributed by atoms with Gasteiger partial charge in [-0.1, -0.05) is 11.6 Å². The van der Waals surface area contributed by atoms with Crippen LogP contribution in [0.2, 0.25) is 5.02 Å². The minimum atomic E-state index is -3.35. The zero-order valence-corrected chi connectivity index (χ0v) is 16.9. The van der Waals surface area contributed by atoms with E-state index in [1.807, 2.05) is 0 Å². The van der Waals surface area contributed by atoms with Crippen LogP contribution in [0.3, 0.4) is 0 Å². The first-order valence-corrected chi connectivity index (χ1v) is 11.6. The van der Waals surface area contributed by atoms with Gasteiger partial charge in [0.05, 0.1) is 15.5 Å². The van der Waals surface area contributed by atoms with Crippen LogP contribution in [0.15, 0.2) is 39.9 Å². The number of halogens is 1. The third kappa shape index (κ3) is 4.65. The molecule has 0 spiro atoms. The summed E-state index contributed by atoms with van der Waals surface area (Å²) in [7, 11) is -3.35. The maximum absolute atomic E-state index is 12.8. The van der Waals surface area contributed by atoms with Gasteiger partial charge in [-0.2, -0.15) is 11.3 Å². The summed E-state index contributed by atoms with van der Waals surface area (Å²) in [6, 6.07) is 6.43. The molecule has 0 aliphatic carbocycles. The van der Waals surface area contributed by atoms with Gasteiger partial charge in [0.15, 0.2) is 9.84 Å². The van der Waals surface area contributed by atoms with Crippen LogP contribution < -0.4 is 0 Å². The topological polar surface area (TPSA) is 57.7 Å². The Balaban J connectivity index is 1.68. The standard InChI is InChI=1S/C18H21ClN2O3S2/c1-26(23,24)15-3-4-16(17(19)11-15)18(22)21-7-2-6-20(8-9-21)12-14-5-10-25-13-14/h3-5,10-11,13H,2,6-9,12H2,1H3. The van der Waals surface area contributed by atoms with Gasteiger partial charge < -0.3 is 4.90 Å². The summed E-state index contributed by atoms with van der Waals surface area (Å²) in [6.45, 7) is 3.95. The highest BCUT2D eigenvalue weighted by molar-refractivity contribution is 7.90. The van der Waals surface area contributed by atoms with Crippen LogP contribution in [-0.2, 0) is 16.4 Å². The number of benzene rings is 1. The fourth-order valence-electron chi connectivity index (χ4n) is 3.04. The van der Waals surface area contributed by atoms with Crippen LogP contribution in [0.4, 0.5) is 0 Å². The van der Waals surface area contributed by atoms with Crippen molar-refractivity contribution in [2.75, 3.05) is 32.4 Å². The molecule has 26 heavy (non-hydrogen) atoms. The summed E-state index contributed by atoms with van der Waals surface area (Å²) in [4.78, 5) is 17.1. The molecule has 8 heteroatoms. The summed E-state index contributed by atoms with van der Waals surface area (Å²) >= 11 is 7.88. The zero-order valence-electron chi connectivity index (χ0n) is 14.5. The molecule has 1 aromatic heterocycles. The number of amides is 1. The van der Waals surface area contributed by atoms with E-state index in [0.717, 1.165) is 32.3 Å². The van der Waals surface area contributed by atoms with Gasteiger partial charge in [-0.15, -0.1) is 0 Å². The molecule has 0 N–H and O–H groups in total. The van der Waals surface area contributed by atoms with Gasteiger partial charge in [0, 0.05) is 39.0 Å². The first kappa shape index (κ1) is 19.4. The van der Waals surface area contributed by atoms with Crippen molar-refractivity contribution in [3.8, 4) is 0 Å². The summed E-state index contributed by atoms with van der Waals surface area (Å²) < 4.78 is 23.2. The number of hydrogen-bond acceptors (Lipinski definition) is 5. The number of carbonyl (C=O) groups excluding carboxylic acids is 1. The normalized spacial score (nSPS) is 16.5. The maximum Gasteiger partial charge on any atom is 0.255 e. The third-order valence-corrected chi connectivity index (χ3v) is 6.62.